The van der Waals surface area contributed by atoms with Crippen LogP contribution >= 0.6 is 0 Å². The molecule has 0 saturated heterocycles. The minimum absolute atomic E-state index is 0.0120. The van der Waals surface area contributed by atoms with E-state index in [1.807, 2.05) is 24.3 Å². The third kappa shape index (κ3) is 3.33. The van der Waals surface area contributed by atoms with Crippen molar-refractivity contribution in [2.24, 2.45) is 0 Å². The Morgan fingerprint density at radius 3 is 2.60 bits per heavy atom. The van der Waals surface area contributed by atoms with Crippen LogP contribution in [0.15, 0.2) is 30.5 Å². The molecule has 7 nitrogen and oxygen atoms in total. The van der Waals surface area contributed by atoms with Gasteiger partial charge in [0.25, 0.3) is 0 Å². The van der Waals surface area contributed by atoms with Crippen LogP contribution in [-0.4, -0.2) is 51.5 Å². The molecule has 0 unspecified atom stereocenters. The molecule has 0 aliphatic carbocycles. The van der Waals surface area contributed by atoms with Crippen molar-refractivity contribution in [3.05, 3.63) is 36.2 Å². The second-order valence-corrected chi connectivity index (χ2v) is 4.50. The van der Waals surface area contributed by atoms with E-state index in [2.05, 4.69) is 15.6 Å². The monoisotopic (exact) mass is 275 g/mol. The number of aromatic nitrogens is 3. The van der Waals surface area contributed by atoms with E-state index in [9.17, 15) is 4.79 Å². The zero-order valence-electron chi connectivity index (χ0n) is 11.4. The number of rotatable bonds is 5. The number of aliphatic hydroxyl groups is 1. The molecular weight excluding hydrogens is 258 g/mol. The van der Waals surface area contributed by atoms with Gasteiger partial charge in [-0.25, -0.2) is 4.68 Å². The minimum Gasteiger partial charge on any atom is -0.390 e. The average molecular weight is 275 g/mol. The Hall–Kier alpha value is -2.41. The highest BCUT2D eigenvalue weighted by Crippen LogP contribution is 2.12. The van der Waals surface area contributed by atoms with Crippen LogP contribution in [0.5, 0.6) is 0 Å². The first-order valence-corrected chi connectivity index (χ1v) is 6.16. The Bertz CT molecular complexity index is 577. The largest absolute Gasteiger partial charge is 0.390 e. The highest BCUT2D eigenvalue weighted by molar-refractivity contribution is 5.80. The molecule has 1 heterocycles. The lowest BCUT2D eigenvalue weighted by atomic mass is 10.3. The maximum absolute atomic E-state index is 11.5. The molecule has 0 radical (unpaired) electrons. The molecule has 1 aromatic carbocycles. The summed E-state index contributed by atoms with van der Waals surface area (Å²) >= 11 is 0. The highest BCUT2D eigenvalue weighted by atomic mass is 16.3. The van der Waals surface area contributed by atoms with Crippen molar-refractivity contribution in [2.45, 2.75) is 6.61 Å². The van der Waals surface area contributed by atoms with E-state index in [0.29, 0.717) is 5.69 Å². The van der Waals surface area contributed by atoms with Crippen molar-refractivity contribution in [1.29, 1.82) is 0 Å². The lowest BCUT2D eigenvalue weighted by Crippen LogP contribution is -2.28. The number of hydrogen-bond donors (Lipinski definition) is 2. The van der Waals surface area contributed by atoms with Crippen molar-refractivity contribution >= 4 is 11.6 Å². The highest BCUT2D eigenvalue weighted by Gasteiger charge is 2.04. The number of nitrogens with zero attached hydrogens (tertiary/aromatic N) is 4. The summed E-state index contributed by atoms with van der Waals surface area (Å²) in [6.07, 6.45) is 1.66. The number of likely N-dealkylation sites (N-methyl/N-ethyl adjacent to an activating group) is 1. The van der Waals surface area contributed by atoms with Crippen molar-refractivity contribution in [1.82, 2.24) is 19.9 Å². The second-order valence-electron chi connectivity index (χ2n) is 4.50. The summed E-state index contributed by atoms with van der Waals surface area (Å²) in [6.45, 7) is 0.122. The van der Waals surface area contributed by atoms with Crippen molar-refractivity contribution in [2.75, 3.05) is 26.0 Å². The third-order valence-corrected chi connectivity index (χ3v) is 2.78. The van der Waals surface area contributed by atoms with E-state index >= 15 is 0 Å². The fourth-order valence-electron chi connectivity index (χ4n) is 1.56. The summed E-state index contributed by atoms with van der Waals surface area (Å²) in [4.78, 5) is 13.0. The summed E-state index contributed by atoms with van der Waals surface area (Å²) in [6, 6.07) is 7.44. The quantitative estimate of drug-likeness (QED) is 0.818. The number of hydrogen-bond acceptors (Lipinski definition) is 5. The predicted molar refractivity (Wildman–Crippen MR) is 74.5 cm³/mol. The molecule has 0 atom stereocenters. The fourth-order valence-corrected chi connectivity index (χ4v) is 1.56. The van der Waals surface area contributed by atoms with Gasteiger partial charge in [-0.05, 0) is 24.3 Å². The molecule has 0 saturated carbocycles. The Kier molecular flexibility index (Phi) is 4.31. The standard InChI is InChI=1S/C13H17N5O2/c1-17(2)13(20)7-14-10-3-5-12(6-4-10)18-8-11(9-19)15-16-18/h3-6,8,14,19H,7,9H2,1-2H3. The first-order valence-electron chi connectivity index (χ1n) is 6.16. The zero-order chi connectivity index (χ0) is 14.5. The maximum Gasteiger partial charge on any atom is 0.241 e. The lowest BCUT2D eigenvalue weighted by molar-refractivity contribution is -0.126. The summed E-state index contributed by atoms with van der Waals surface area (Å²) in [5.74, 6) is 0.0120. The predicted octanol–water partition coefficient (Wildman–Crippen LogP) is 0.260. The Labute approximate surface area is 116 Å². The van der Waals surface area contributed by atoms with Crippen molar-refractivity contribution < 1.29 is 9.90 Å². The van der Waals surface area contributed by atoms with Gasteiger partial charge in [-0.1, -0.05) is 5.21 Å². The molecular formula is C13H17N5O2. The minimum atomic E-state index is -0.133. The number of benzene rings is 1. The molecule has 2 rings (SSSR count). The molecule has 1 aromatic heterocycles. The Morgan fingerprint density at radius 1 is 1.35 bits per heavy atom. The van der Waals surface area contributed by atoms with Gasteiger partial charge in [0.15, 0.2) is 0 Å². The van der Waals surface area contributed by atoms with E-state index in [1.54, 1.807) is 25.0 Å². The van der Waals surface area contributed by atoms with Crippen molar-refractivity contribution in [3.8, 4) is 5.69 Å². The maximum atomic E-state index is 11.5. The van der Waals surface area contributed by atoms with Crippen LogP contribution in [0.2, 0.25) is 0 Å². The fraction of sp³-hybridized carbons (Fsp3) is 0.308. The van der Waals surface area contributed by atoms with Gasteiger partial charge in [0.1, 0.15) is 5.69 Å². The molecule has 0 aliphatic rings. The average Bonchev–Trinajstić information content (AvgIpc) is 2.94. The Morgan fingerprint density at radius 2 is 2.05 bits per heavy atom. The molecule has 0 fully saturated rings. The van der Waals surface area contributed by atoms with E-state index in [0.717, 1.165) is 11.4 Å². The number of anilines is 1. The summed E-state index contributed by atoms with van der Waals surface area (Å²) in [5, 5.41) is 19.7. The van der Waals surface area contributed by atoms with Crippen LogP contribution in [0.3, 0.4) is 0 Å². The summed E-state index contributed by atoms with van der Waals surface area (Å²) < 4.78 is 1.58. The van der Waals surface area contributed by atoms with E-state index in [1.165, 1.54) is 4.90 Å². The number of aliphatic hydroxyl groups excluding tert-OH is 1. The number of amides is 1. The lowest BCUT2D eigenvalue weighted by Gasteiger charge is -2.12. The smallest absolute Gasteiger partial charge is 0.241 e. The van der Waals surface area contributed by atoms with E-state index in [4.69, 9.17) is 5.11 Å². The molecule has 20 heavy (non-hydrogen) atoms. The van der Waals surface area contributed by atoms with Gasteiger partial charge in [-0.2, -0.15) is 0 Å². The zero-order valence-corrected chi connectivity index (χ0v) is 11.4. The molecule has 0 spiro atoms. The summed E-state index contributed by atoms with van der Waals surface area (Å²) in [5.41, 5.74) is 2.21. The van der Waals surface area contributed by atoms with Gasteiger partial charge >= 0.3 is 0 Å². The number of nitrogens with one attached hydrogen (secondary N) is 1. The van der Waals surface area contributed by atoms with Crippen LogP contribution < -0.4 is 5.32 Å². The van der Waals surface area contributed by atoms with E-state index < -0.39 is 0 Å². The first-order chi connectivity index (χ1) is 9.60. The molecule has 106 valence electrons. The van der Waals surface area contributed by atoms with Crippen LogP contribution in [0, 0.1) is 0 Å². The third-order valence-electron chi connectivity index (χ3n) is 2.78. The van der Waals surface area contributed by atoms with Crippen LogP contribution in [-0.2, 0) is 11.4 Å². The van der Waals surface area contributed by atoms with Crippen LogP contribution in [0.4, 0.5) is 5.69 Å². The Balaban J connectivity index is 2.01. The molecule has 2 aromatic rings. The first kappa shape index (κ1) is 14.0. The van der Waals surface area contributed by atoms with Gasteiger partial charge in [0.2, 0.25) is 5.91 Å². The van der Waals surface area contributed by atoms with Gasteiger partial charge in [0.05, 0.1) is 25.0 Å². The molecule has 7 heteroatoms. The number of carbonyl (C=O) groups excluding carboxylic acids is 1. The molecule has 1 amide bonds. The topological polar surface area (TPSA) is 83.3 Å². The van der Waals surface area contributed by atoms with E-state index in [-0.39, 0.29) is 19.1 Å². The number of carbonyl (C=O) groups is 1. The van der Waals surface area contributed by atoms with Gasteiger partial charge in [0, 0.05) is 19.8 Å². The van der Waals surface area contributed by atoms with Gasteiger partial charge < -0.3 is 15.3 Å². The molecule has 0 aliphatic heterocycles. The SMILES string of the molecule is CN(C)C(=O)CNc1ccc(-n2cc(CO)nn2)cc1. The summed E-state index contributed by atoms with van der Waals surface area (Å²) in [7, 11) is 3.44. The van der Waals surface area contributed by atoms with Crippen LogP contribution in [0.25, 0.3) is 5.69 Å². The second kappa shape index (κ2) is 6.16. The molecule has 2 N–H and O–H groups in total. The van der Waals surface area contributed by atoms with Gasteiger partial charge in [-0.15, -0.1) is 5.10 Å². The van der Waals surface area contributed by atoms with Gasteiger partial charge in [-0.3, -0.25) is 4.79 Å². The van der Waals surface area contributed by atoms with Crippen LogP contribution in [0.1, 0.15) is 5.69 Å². The normalized spacial score (nSPS) is 10.3. The van der Waals surface area contributed by atoms with Crippen molar-refractivity contribution in [3.63, 3.8) is 0 Å². The molecule has 0 bridgehead atoms.